The number of hydrogen-bond acceptors (Lipinski definition) is 9. The van der Waals surface area contributed by atoms with Crippen LogP contribution in [-0.2, 0) is 18.9 Å². The van der Waals surface area contributed by atoms with Gasteiger partial charge in [0, 0.05) is 0 Å². The predicted octanol–water partition coefficient (Wildman–Crippen LogP) is 18.8. The van der Waals surface area contributed by atoms with Crippen LogP contribution in [0.15, 0.2) is 54.6 Å². The third-order valence-corrected chi connectivity index (χ3v) is 14.2. The van der Waals surface area contributed by atoms with Gasteiger partial charge in [0.05, 0.1) is 72.7 Å². The van der Waals surface area contributed by atoms with E-state index in [9.17, 15) is 0 Å². The van der Waals surface area contributed by atoms with Gasteiger partial charge in [-0.25, -0.2) is 0 Å². The minimum Gasteiger partial charge on any atom is -0.490 e. The first-order valence-electron chi connectivity index (χ1n) is 31.4. The fraction of sp³-hybridized carbons (Fsp3) is 0.676. The quantitative estimate of drug-likeness (QED) is 0.0408. The zero-order valence-electron chi connectivity index (χ0n) is 49.1. The van der Waals surface area contributed by atoms with Gasteiger partial charge in [-0.05, 0) is 65.8 Å². The van der Waals surface area contributed by atoms with Crippen molar-refractivity contribution in [1.29, 1.82) is 0 Å². The van der Waals surface area contributed by atoms with Gasteiger partial charge in [0.25, 0.3) is 0 Å². The number of rotatable bonds is 40. The summed E-state index contributed by atoms with van der Waals surface area (Å²) in [6.45, 7) is 13.7. The van der Waals surface area contributed by atoms with E-state index in [1.807, 2.05) is 18.2 Å². The van der Waals surface area contributed by atoms with Crippen molar-refractivity contribution in [2.45, 2.75) is 213 Å². The minimum atomic E-state index is 0.400. The largest absolute Gasteiger partial charge is 0.490 e. The second-order valence-corrected chi connectivity index (χ2v) is 21.1. The van der Waals surface area contributed by atoms with E-state index in [1.54, 1.807) is 0 Å². The molecular weight excluding hydrogens is 961 g/mol. The summed E-state index contributed by atoms with van der Waals surface area (Å²) < 4.78 is 54.9. The molecule has 0 radical (unpaired) electrons. The Hall–Kier alpha value is -4.02. The fourth-order valence-electron chi connectivity index (χ4n) is 9.50. The second-order valence-electron chi connectivity index (χ2n) is 21.1. The smallest absolute Gasteiger partial charge is 0.203 e. The van der Waals surface area contributed by atoms with Crippen molar-refractivity contribution in [2.75, 3.05) is 85.9 Å². The minimum absolute atomic E-state index is 0.400. The molecule has 0 aliphatic carbocycles. The van der Waals surface area contributed by atoms with Gasteiger partial charge in [-0.15, -0.1) is 0 Å². The van der Waals surface area contributed by atoms with Crippen molar-refractivity contribution in [3.8, 4) is 28.7 Å². The van der Waals surface area contributed by atoms with Crippen molar-refractivity contribution in [3.05, 3.63) is 76.9 Å². The summed E-state index contributed by atoms with van der Waals surface area (Å²) in [4.78, 5) is 0. The van der Waals surface area contributed by atoms with E-state index in [0.717, 1.165) is 58.8 Å². The van der Waals surface area contributed by atoms with Crippen LogP contribution in [0, 0.1) is 0 Å². The van der Waals surface area contributed by atoms with E-state index in [2.05, 4.69) is 81.5 Å². The lowest BCUT2D eigenvalue weighted by atomic mass is 10.1. The molecule has 9 nitrogen and oxygen atoms in total. The highest BCUT2D eigenvalue weighted by Crippen LogP contribution is 2.40. The van der Waals surface area contributed by atoms with E-state index in [-0.39, 0.29) is 0 Å². The number of unbranched alkanes of at least 4 members (excludes halogenated alkanes) is 27. The van der Waals surface area contributed by atoms with Crippen molar-refractivity contribution in [1.82, 2.24) is 0 Å². The Bertz CT molecular complexity index is 1850. The van der Waals surface area contributed by atoms with Crippen LogP contribution >= 0.6 is 0 Å². The van der Waals surface area contributed by atoms with Gasteiger partial charge in [-0.2, -0.15) is 0 Å². The maximum Gasteiger partial charge on any atom is 0.203 e. The highest BCUT2D eigenvalue weighted by molar-refractivity contribution is 5.75. The zero-order chi connectivity index (χ0) is 54.2. The highest BCUT2D eigenvalue weighted by atomic mass is 16.6. The van der Waals surface area contributed by atoms with Gasteiger partial charge in [-0.1, -0.05) is 249 Å². The number of benzene rings is 3. The van der Waals surface area contributed by atoms with E-state index < -0.39 is 0 Å². The maximum absolute atomic E-state index is 6.69. The van der Waals surface area contributed by atoms with Gasteiger partial charge in [0.15, 0.2) is 23.0 Å². The summed E-state index contributed by atoms with van der Waals surface area (Å²) in [7, 11) is 0. The second kappa shape index (κ2) is 46.9. The third kappa shape index (κ3) is 33.2. The van der Waals surface area contributed by atoms with Crippen LogP contribution < -0.4 is 23.7 Å². The normalized spacial score (nSPS) is 14.2. The summed E-state index contributed by atoms with van der Waals surface area (Å²) in [5.41, 5.74) is 4.27. The molecule has 0 bridgehead atoms. The molecule has 77 heavy (non-hydrogen) atoms. The van der Waals surface area contributed by atoms with E-state index in [1.165, 1.54) is 173 Å². The highest BCUT2D eigenvalue weighted by Gasteiger charge is 2.16. The van der Waals surface area contributed by atoms with E-state index >= 15 is 0 Å². The molecule has 3 aromatic rings. The van der Waals surface area contributed by atoms with Crippen molar-refractivity contribution in [2.24, 2.45) is 0 Å². The van der Waals surface area contributed by atoms with Crippen molar-refractivity contribution >= 4 is 24.3 Å². The average Bonchev–Trinajstić information content (AvgIpc) is 3.45. The lowest BCUT2D eigenvalue weighted by molar-refractivity contribution is -0.00841. The Morgan fingerprint density at radius 3 is 0.987 bits per heavy atom. The maximum atomic E-state index is 6.69. The number of ether oxygens (including phenoxy) is 9. The van der Waals surface area contributed by atoms with Crippen LogP contribution in [0.1, 0.15) is 236 Å². The Kier molecular flexibility index (Phi) is 39.9. The fourth-order valence-corrected chi connectivity index (χ4v) is 9.50. The van der Waals surface area contributed by atoms with Gasteiger partial charge in [-0.3, -0.25) is 0 Å². The van der Waals surface area contributed by atoms with Crippen LogP contribution in [0.4, 0.5) is 0 Å². The number of hydrogen-bond donors (Lipinski definition) is 0. The van der Waals surface area contributed by atoms with Gasteiger partial charge < -0.3 is 42.6 Å². The Morgan fingerprint density at radius 2 is 0.597 bits per heavy atom. The van der Waals surface area contributed by atoms with Gasteiger partial charge in [0.2, 0.25) is 5.75 Å². The molecule has 9 heteroatoms. The average molecular weight is 1070 g/mol. The zero-order valence-corrected chi connectivity index (χ0v) is 49.1. The van der Waals surface area contributed by atoms with Crippen molar-refractivity contribution in [3.63, 3.8) is 0 Å². The number of fused-ring (bicyclic) bond motifs is 1. The monoisotopic (exact) mass is 1070 g/mol. The summed E-state index contributed by atoms with van der Waals surface area (Å²) in [5, 5.41) is 0. The van der Waals surface area contributed by atoms with Crippen LogP contribution in [0.5, 0.6) is 28.7 Å². The molecule has 0 unspecified atom stereocenters. The van der Waals surface area contributed by atoms with Crippen LogP contribution in [0.3, 0.4) is 0 Å². The predicted molar refractivity (Wildman–Crippen MR) is 323 cm³/mol. The molecule has 0 spiro atoms. The first-order valence-corrected chi connectivity index (χ1v) is 31.4. The Morgan fingerprint density at radius 1 is 0.299 bits per heavy atom. The van der Waals surface area contributed by atoms with E-state index in [0.29, 0.717) is 97.4 Å². The summed E-state index contributed by atoms with van der Waals surface area (Å²) >= 11 is 0. The third-order valence-electron chi connectivity index (χ3n) is 14.2. The molecule has 1 aliphatic heterocycles. The molecule has 0 aromatic heterocycles. The van der Waals surface area contributed by atoms with Crippen LogP contribution in [-0.4, -0.2) is 85.9 Å². The molecular formula is C68H108O9. The molecule has 0 atom stereocenters. The molecule has 4 rings (SSSR count). The SMILES string of the molecule is CCCCCCCCCCCCOc1cc(/C=C/c2ccc(/C=C/c3ccc4c(c3)OCCOCCOCCOCCOCCO4)cc2)cc(OCCCCCCCCCCCC)c1OCCCCCCCCCCCC. The molecule has 1 aliphatic rings. The summed E-state index contributed by atoms with van der Waals surface area (Å²) in [6, 6.07) is 19.0. The first-order chi connectivity index (χ1) is 38.2. The Labute approximate surface area is 469 Å². The molecule has 434 valence electrons. The van der Waals surface area contributed by atoms with Gasteiger partial charge in [0.1, 0.15) is 13.2 Å². The topological polar surface area (TPSA) is 83.1 Å². The first kappa shape index (κ1) is 65.5. The standard InChI is InChI=1S/C68H108O9/c1-4-7-10-13-16-19-22-25-28-31-44-73-66-58-63(59-67(74-45-32-29-26-23-20-17-14-11-8-5-2)68(66)77-46-33-30-27-24-21-18-15-12-9-6-3)41-39-61-36-34-60(35-37-61)38-40-62-42-43-64-65(57-62)76-56-54-72-52-50-70-48-47-69-49-51-71-53-55-75-64/h34-43,57-59H,4-33,44-56H2,1-3H3/b40-38+,41-39+. The molecule has 0 fully saturated rings. The summed E-state index contributed by atoms with van der Waals surface area (Å²) in [5.74, 6) is 3.71. The van der Waals surface area contributed by atoms with Gasteiger partial charge >= 0.3 is 0 Å². The molecule has 3 aromatic carbocycles. The van der Waals surface area contributed by atoms with Crippen molar-refractivity contribution < 1.29 is 42.6 Å². The molecule has 0 amide bonds. The Balaban J connectivity index is 1.43. The lowest BCUT2D eigenvalue weighted by Crippen LogP contribution is -2.16. The molecule has 0 saturated carbocycles. The van der Waals surface area contributed by atoms with E-state index in [4.69, 9.17) is 42.6 Å². The molecule has 1 heterocycles. The van der Waals surface area contributed by atoms with Crippen LogP contribution in [0.2, 0.25) is 0 Å². The molecule has 0 saturated heterocycles. The van der Waals surface area contributed by atoms with Crippen LogP contribution in [0.25, 0.3) is 24.3 Å². The summed E-state index contributed by atoms with van der Waals surface area (Å²) in [6.07, 6.45) is 47.5. The molecule has 0 N–H and O–H groups in total. The lowest BCUT2D eigenvalue weighted by Gasteiger charge is -2.18.